The van der Waals surface area contributed by atoms with Crippen LogP contribution in [0.3, 0.4) is 0 Å². The number of phenolic OH excluding ortho intramolecular Hbond substituents is 2. The minimum atomic E-state index is -1.46. The summed E-state index contributed by atoms with van der Waals surface area (Å²) in [5.41, 5.74) is 7.42. The number of ketones is 4. The molecule has 0 saturated carbocycles. The summed E-state index contributed by atoms with van der Waals surface area (Å²) in [6.07, 6.45) is 0. The van der Waals surface area contributed by atoms with E-state index in [9.17, 15) is 24.3 Å². The third-order valence-electron chi connectivity index (χ3n) is 10.9. The summed E-state index contributed by atoms with van der Waals surface area (Å²) in [5.74, 6) is -0.291. The van der Waals surface area contributed by atoms with Gasteiger partial charge in [-0.2, -0.15) is 0 Å². The molecular weight excluding hydrogens is 851 g/mol. The Morgan fingerprint density at radius 2 is 0.887 bits per heavy atom. The van der Waals surface area contributed by atoms with Crippen LogP contribution in [-0.2, 0) is 0 Å². The van der Waals surface area contributed by atoms with Crippen LogP contribution in [0.5, 0.6) is 11.5 Å². The van der Waals surface area contributed by atoms with Crippen molar-refractivity contribution in [2.75, 3.05) is 0 Å². The Hall–Kier alpha value is -6.86. The lowest BCUT2D eigenvalue weighted by Gasteiger charge is -2.16. The van der Waals surface area contributed by atoms with E-state index in [1.807, 2.05) is 74.5 Å². The van der Waals surface area contributed by atoms with E-state index in [4.69, 9.17) is 24.0 Å². The Labute approximate surface area is 366 Å². The smallest absolute Gasteiger partial charge is 0.488 e. The highest BCUT2D eigenvalue weighted by Gasteiger charge is 2.39. The van der Waals surface area contributed by atoms with E-state index >= 15 is 0 Å². The van der Waals surface area contributed by atoms with E-state index in [2.05, 4.69) is 15.9 Å². The number of hydrogen-bond donors (Lipinski definition) is 4. The minimum Gasteiger partial charge on any atom is -0.508 e. The van der Waals surface area contributed by atoms with Gasteiger partial charge in [0.2, 0.25) is 23.1 Å². The molecule has 312 valence electrons. The summed E-state index contributed by atoms with van der Waals surface area (Å²) in [6.45, 7) is 7.53. The van der Waals surface area contributed by atoms with Crippen molar-refractivity contribution in [3.05, 3.63) is 158 Å². The maximum atomic E-state index is 13.0. The van der Waals surface area contributed by atoms with E-state index in [-0.39, 0.29) is 26.4 Å². The molecule has 0 unspecified atom stereocenters. The van der Waals surface area contributed by atoms with E-state index in [1.165, 1.54) is 24.3 Å². The molecule has 0 saturated heterocycles. The van der Waals surface area contributed by atoms with Gasteiger partial charge in [0.15, 0.2) is 4.67 Å². The molecule has 0 bridgehead atoms. The van der Waals surface area contributed by atoms with Gasteiger partial charge in [0.1, 0.15) is 28.8 Å². The molecule has 2 aromatic heterocycles. The summed E-state index contributed by atoms with van der Waals surface area (Å²) in [5, 5.41) is 39.0. The number of phenols is 2. The molecule has 10 nitrogen and oxygen atoms in total. The van der Waals surface area contributed by atoms with Gasteiger partial charge in [-0.3, -0.25) is 19.2 Å². The second-order valence-electron chi connectivity index (χ2n) is 14.6. The summed E-state index contributed by atoms with van der Waals surface area (Å²) in [7, 11) is -1.46. The quantitative estimate of drug-likeness (QED) is 0.0965. The van der Waals surface area contributed by atoms with Crippen LogP contribution in [0, 0.1) is 27.7 Å². The molecule has 8 aromatic rings. The number of carbonyl (C=O) groups is 4. The third-order valence-corrected chi connectivity index (χ3v) is 11.7. The van der Waals surface area contributed by atoms with E-state index in [0.29, 0.717) is 71.9 Å². The number of fused-ring (bicyclic) bond motifs is 10. The fourth-order valence-corrected chi connectivity index (χ4v) is 8.17. The standard InChI is InChI=1S/C24H16O4.C18H11BrO3.C6H7BO3.2CH4/c1-12-4-3-5-17-16(12)10-11-18-20(17)22(27)21(26)19-13(2)23(28-24(18)19)14-6-8-15(25)9-7-14;1-8-4-3-5-11-10(8)6-7-12-14(11)16(21)15(20)13-9(2)18(19)22-17(12)13;8-6-3-1-5(2-4-6)7(9)10;;/h3-11,25H,1-2H3;3-7H,1-2H3;1-4,8-10H;2*1H4. The number of halogens is 1. The average Bonchev–Trinajstić information content (AvgIpc) is 3.74. The number of benzene rings is 6. The Balaban J connectivity index is 0.000000168. The number of rotatable bonds is 2. The number of furan rings is 2. The van der Waals surface area contributed by atoms with Crippen LogP contribution in [0.15, 0.2) is 123 Å². The van der Waals surface area contributed by atoms with Crippen molar-refractivity contribution >= 4 is 73.2 Å². The maximum Gasteiger partial charge on any atom is 0.488 e. The van der Waals surface area contributed by atoms with Crippen molar-refractivity contribution in [2.24, 2.45) is 0 Å². The normalized spacial score (nSPS) is 12.1. The maximum absolute atomic E-state index is 13.0. The second kappa shape index (κ2) is 17.3. The Kier molecular flexibility index (Phi) is 12.4. The van der Waals surface area contributed by atoms with Crippen molar-refractivity contribution in [1.82, 2.24) is 0 Å². The molecule has 12 heteroatoms. The number of aromatic hydroxyl groups is 2. The van der Waals surface area contributed by atoms with Crippen LogP contribution in [0.2, 0.25) is 0 Å². The second-order valence-corrected chi connectivity index (χ2v) is 15.3. The van der Waals surface area contributed by atoms with Gasteiger partial charge in [-0.25, -0.2) is 0 Å². The predicted octanol–water partition coefficient (Wildman–Crippen LogP) is 10.7. The molecule has 2 heterocycles. The lowest BCUT2D eigenvalue weighted by Crippen LogP contribution is -2.29. The van der Waals surface area contributed by atoms with E-state index < -0.39 is 30.3 Å². The zero-order valence-corrected chi connectivity index (χ0v) is 34.2. The zero-order chi connectivity index (χ0) is 42.7. The number of Topliss-reactive ketones (excluding diaryl/α,β-unsaturated/α-hetero) is 4. The lowest BCUT2D eigenvalue weighted by molar-refractivity contribution is 0.0815. The summed E-state index contributed by atoms with van der Waals surface area (Å²) in [4.78, 5) is 51.2. The molecule has 2 aliphatic carbocycles. The van der Waals surface area contributed by atoms with Crippen LogP contribution in [0.25, 0.3) is 55.5 Å². The zero-order valence-electron chi connectivity index (χ0n) is 32.6. The van der Waals surface area contributed by atoms with Gasteiger partial charge >= 0.3 is 7.12 Å². The molecule has 62 heavy (non-hydrogen) atoms. The fraction of sp³-hybridized carbons (Fsp3) is 0.120. The molecule has 10 rings (SSSR count). The van der Waals surface area contributed by atoms with Gasteiger partial charge in [-0.05, 0) is 130 Å². The highest BCUT2D eigenvalue weighted by molar-refractivity contribution is 9.10. The monoisotopic (exact) mass is 892 g/mol. The number of carbonyl (C=O) groups excluding carboxylic acids is 4. The van der Waals surface area contributed by atoms with Gasteiger partial charge in [0.25, 0.3) is 0 Å². The van der Waals surface area contributed by atoms with Crippen LogP contribution in [0.4, 0.5) is 0 Å². The Morgan fingerprint density at radius 3 is 1.35 bits per heavy atom. The van der Waals surface area contributed by atoms with Crippen molar-refractivity contribution in [3.63, 3.8) is 0 Å². The molecule has 0 fully saturated rings. The Morgan fingerprint density at radius 1 is 0.468 bits per heavy atom. The first-order valence-corrected chi connectivity index (χ1v) is 19.6. The van der Waals surface area contributed by atoms with Crippen molar-refractivity contribution < 1.29 is 48.3 Å². The van der Waals surface area contributed by atoms with Crippen LogP contribution in [0.1, 0.15) is 78.5 Å². The highest BCUT2D eigenvalue weighted by atomic mass is 79.9. The highest BCUT2D eigenvalue weighted by Crippen LogP contribution is 2.45. The predicted molar refractivity (Wildman–Crippen MR) is 246 cm³/mol. The van der Waals surface area contributed by atoms with Gasteiger partial charge in [0, 0.05) is 38.9 Å². The molecule has 0 atom stereocenters. The summed E-state index contributed by atoms with van der Waals surface area (Å²) in [6, 6.07) is 31.4. The SMILES string of the molecule is C.C.Cc1c(-c2ccc(O)cc2)oc2c1C(=O)C(=O)c1c-2ccc2c(C)cccc12.Cc1c(Br)oc2c1C(=O)C(=O)c1c-2ccc2c(C)cccc12.OB(O)c1ccc(O)cc1. The molecule has 2 aliphatic rings. The van der Waals surface area contributed by atoms with E-state index in [0.717, 1.165) is 38.2 Å². The molecule has 0 spiro atoms. The first-order valence-electron chi connectivity index (χ1n) is 18.8. The van der Waals surface area contributed by atoms with Crippen LogP contribution in [-0.4, -0.2) is 50.5 Å². The molecule has 0 radical (unpaired) electrons. The third kappa shape index (κ3) is 7.46. The largest absolute Gasteiger partial charge is 0.508 e. The molecular formula is C50H42BBrO10. The topological polar surface area (TPSA) is 175 Å². The molecule has 4 N–H and O–H groups in total. The van der Waals surface area contributed by atoms with Gasteiger partial charge in [-0.1, -0.05) is 75.5 Å². The van der Waals surface area contributed by atoms with Gasteiger partial charge in [0.05, 0.1) is 11.1 Å². The van der Waals surface area contributed by atoms with Gasteiger partial charge in [-0.15, -0.1) is 0 Å². The van der Waals surface area contributed by atoms with Crippen molar-refractivity contribution in [3.8, 4) is 45.5 Å². The van der Waals surface area contributed by atoms with Gasteiger partial charge < -0.3 is 29.1 Å². The molecule has 0 aliphatic heterocycles. The Bertz CT molecular complexity index is 3100. The number of hydrogen-bond acceptors (Lipinski definition) is 10. The van der Waals surface area contributed by atoms with Crippen molar-refractivity contribution in [2.45, 2.75) is 42.5 Å². The number of aryl methyl sites for hydroxylation is 2. The minimum absolute atomic E-state index is 0. The lowest BCUT2D eigenvalue weighted by atomic mass is 9.80. The van der Waals surface area contributed by atoms with Crippen LogP contribution >= 0.6 is 15.9 Å². The molecule has 6 aromatic carbocycles. The molecule has 0 amide bonds. The summed E-state index contributed by atoms with van der Waals surface area (Å²) < 4.78 is 12.3. The fourth-order valence-electron chi connectivity index (χ4n) is 7.81. The summed E-state index contributed by atoms with van der Waals surface area (Å²) >= 11 is 3.31. The van der Waals surface area contributed by atoms with Crippen LogP contribution < -0.4 is 5.46 Å². The van der Waals surface area contributed by atoms with Crippen molar-refractivity contribution in [1.29, 1.82) is 0 Å². The first-order chi connectivity index (χ1) is 28.7. The van der Waals surface area contributed by atoms with E-state index in [1.54, 1.807) is 38.1 Å². The first kappa shape index (κ1) is 44.7. The average molecular weight is 894 g/mol.